The Morgan fingerprint density at radius 2 is 0.711 bits per heavy atom. The van der Waals surface area contributed by atoms with E-state index in [1.165, 1.54) is 116 Å². The van der Waals surface area contributed by atoms with Crippen molar-refractivity contribution >= 4 is 11.9 Å². The average molecular weight is 539 g/mol. The second-order valence-corrected chi connectivity index (χ2v) is 11.5. The van der Waals surface area contributed by atoms with Gasteiger partial charge in [0.1, 0.15) is 13.2 Å². The van der Waals surface area contributed by atoms with Crippen LogP contribution in [0.1, 0.15) is 154 Å². The number of rotatable bonds is 29. The molecule has 0 aromatic heterocycles. The minimum atomic E-state index is -0.175. The molecule has 0 aliphatic carbocycles. The third-order valence-electron chi connectivity index (χ3n) is 7.73. The van der Waals surface area contributed by atoms with Crippen molar-refractivity contribution in [3.63, 3.8) is 0 Å². The lowest BCUT2D eigenvalue weighted by atomic mass is 10.0. The molecule has 38 heavy (non-hydrogen) atoms. The van der Waals surface area contributed by atoms with E-state index >= 15 is 0 Å². The molecule has 0 aromatic carbocycles. The van der Waals surface area contributed by atoms with Crippen molar-refractivity contribution in [3.8, 4) is 0 Å². The summed E-state index contributed by atoms with van der Waals surface area (Å²) in [6.45, 7) is 2.33. The maximum Gasteiger partial charge on any atom is 0.305 e. The molecule has 0 radical (unpaired) electrons. The van der Waals surface area contributed by atoms with Gasteiger partial charge in [-0.1, -0.05) is 116 Å². The number of hydrogen-bond acceptors (Lipinski definition) is 6. The van der Waals surface area contributed by atoms with Gasteiger partial charge in [0.05, 0.1) is 25.4 Å². The van der Waals surface area contributed by atoms with Gasteiger partial charge in [0.15, 0.2) is 0 Å². The highest BCUT2D eigenvalue weighted by Crippen LogP contribution is 2.19. The highest BCUT2D eigenvalue weighted by atomic mass is 16.6. The van der Waals surface area contributed by atoms with Gasteiger partial charge in [-0.3, -0.25) is 9.59 Å². The standard InChI is InChI=1S/C32H58O6/c33-31(23-19-15-11-7-3-1-5-9-13-17-21-29-27-37-29)35-25-26-36-32(34)24-20-16-12-8-4-2-6-10-14-18-22-30-28-38-30/h29-30H,1-28H2. The summed E-state index contributed by atoms with van der Waals surface area (Å²) in [7, 11) is 0. The summed E-state index contributed by atoms with van der Waals surface area (Å²) >= 11 is 0. The van der Waals surface area contributed by atoms with Crippen molar-refractivity contribution < 1.29 is 28.5 Å². The number of esters is 2. The summed E-state index contributed by atoms with van der Waals surface area (Å²) in [6.07, 6.45) is 29.5. The Morgan fingerprint density at radius 3 is 1.00 bits per heavy atom. The minimum absolute atomic E-state index is 0.173. The number of hydrogen-bond donors (Lipinski definition) is 0. The monoisotopic (exact) mass is 538 g/mol. The Labute approximate surface area is 233 Å². The SMILES string of the molecule is O=C(CCCCCCCCCCCCC1CO1)OCCOC(=O)CCCCCCCCCCCCC1CO1. The van der Waals surface area contributed by atoms with Gasteiger partial charge >= 0.3 is 11.9 Å². The van der Waals surface area contributed by atoms with Crippen LogP contribution in [-0.4, -0.2) is 50.6 Å². The zero-order chi connectivity index (χ0) is 26.9. The average Bonchev–Trinajstić information content (AvgIpc) is 3.84. The molecule has 2 fully saturated rings. The predicted molar refractivity (Wildman–Crippen MR) is 152 cm³/mol. The number of ether oxygens (including phenoxy) is 4. The lowest BCUT2D eigenvalue weighted by Crippen LogP contribution is -2.13. The molecule has 6 heteroatoms. The second-order valence-electron chi connectivity index (χ2n) is 11.5. The summed E-state index contributed by atoms with van der Waals surface area (Å²) < 4.78 is 20.9. The third kappa shape index (κ3) is 22.8. The third-order valence-corrected chi connectivity index (χ3v) is 7.73. The van der Waals surface area contributed by atoms with Gasteiger partial charge in [-0.25, -0.2) is 0 Å². The molecule has 2 aliphatic rings. The van der Waals surface area contributed by atoms with Crippen LogP contribution in [-0.2, 0) is 28.5 Å². The van der Waals surface area contributed by atoms with Crippen molar-refractivity contribution in [1.82, 2.24) is 0 Å². The number of unbranched alkanes of at least 4 members (excludes halogenated alkanes) is 18. The normalized spacial score (nSPS) is 17.9. The molecule has 2 aliphatic heterocycles. The first-order valence-electron chi connectivity index (χ1n) is 16.3. The molecule has 0 N–H and O–H groups in total. The maximum absolute atomic E-state index is 11.8. The van der Waals surface area contributed by atoms with Crippen LogP contribution in [0.3, 0.4) is 0 Å². The number of epoxide rings is 2. The highest BCUT2D eigenvalue weighted by molar-refractivity contribution is 5.70. The van der Waals surface area contributed by atoms with Gasteiger partial charge in [0.2, 0.25) is 0 Å². The van der Waals surface area contributed by atoms with E-state index < -0.39 is 0 Å². The van der Waals surface area contributed by atoms with Crippen LogP contribution >= 0.6 is 0 Å². The fraction of sp³-hybridized carbons (Fsp3) is 0.938. The van der Waals surface area contributed by atoms with E-state index in [-0.39, 0.29) is 25.2 Å². The lowest BCUT2D eigenvalue weighted by Gasteiger charge is -2.07. The topological polar surface area (TPSA) is 77.7 Å². The van der Waals surface area contributed by atoms with Crippen molar-refractivity contribution in [2.45, 2.75) is 166 Å². The van der Waals surface area contributed by atoms with Crippen LogP contribution in [0.5, 0.6) is 0 Å². The molecule has 6 nitrogen and oxygen atoms in total. The zero-order valence-electron chi connectivity index (χ0n) is 24.4. The van der Waals surface area contributed by atoms with Gasteiger partial charge in [-0.05, 0) is 25.7 Å². The van der Waals surface area contributed by atoms with Crippen molar-refractivity contribution in [1.29, 1.82) is 0 Å². The van der Waals surface area contributed by atoms with E-state index in [4.69, 9.17) is 18.9 Å². The van der Waals surface area contributed by atoms with Crippen LogP contribution in [0.2, 0.25) is 0 Å². The van der Waals surface area contributed by atoms with E-state index in [9.17, 15) is 9.59 Å². The molecule has 0 aromatic rings. The van der Waals surface area contributed by atoms with Gasteiger partial charge in [-0.15, -0.1) is 0 Å². The van der Waals surface area contributed by atoms with Crippen LogP contribution in [0, 0.1) is 0 Å². The van der Waals surface area contributed by atoms with Crippen LogP contribution in [0.4, 0.5) is 0 Å². The van der Waals surface area contributed by atoms with Gasteiger partial charge in [0.25, 0.3) is 0 Å². The Kier molecular flexibility index (Phi) is 20.6. The molecular formula is C32H58O6. The van der Waals surface area contributed by atoms with Crippen molar-refractivity contribution in [2.75, 3.05) is 26.4 Å². The van der Waals surface area contributed by atoms with E-state index in [1.54, 1.807) is 0 Å². The fourth-order valence-corrected chi connectivity index (χ4v) is 5.04. The minimum Gasteiger partial charge on any atom is -0.462 e. The molecule has 2 unspecified atom stereocenters. The molecule has 0 bridgehead atoms. The first kappa shape index (κ1) is 33.1. The maximum atomic E-state index is 11.8. The Hall–Kier alpha value is -1.14. The van der Waals surface area contributed by atoms with E-state index in [1.807, 2.05) is 0 Å². The van der Waals surface area contributed by atoms with Crippen molar-refractivity contribution in [2.24, 2.45) is 0 Å². The Bertz CT molecular complexity index is 522. The van der Waals surface area contributed by atoms with Gasteiger partial charge in [-0.2, -0.15) is 0 Å². The van der Waals surface area contributed by atoms with Crippen LogP contribution in [0.25, 0.3) is 0 Å². The summed E-state index contributed by atoms with van der Waals surface area (Å²) in [4.78, 5) is 23.7. The molecule has 2 saturated heterocycles. The largest absolute Gasteiger partial charge is 0.462 e. The van der Waals surface area contributed by atoms with Crippen LogP contribution in [0.15, 0.2) is 0 Å². The van der Waals surface area contributed by atoms with E-state index in [0.717, 1.165) is 38.9 Å². The molecule has 0 amide bonds. The van der Waals surface area contributed by atoms with E-state index in [2.05, 4.69) is 0 Å². The smallest absolute Gasteiger partial charge is 0.305 e. The molecule has 2 rings (SSSR count). The number of carbonyl (C=O) groups excluding carboxylic acids is 2. The van der Waals surface area contributed by atoms with Crippen molar-refractivity contribution in [3.05, 3.63) is 0 Å². The van der Waals surface area contributed by atoms with Gasteiger partial charge < -0.3 is 18.9 Å². The second kappa shape index (κ2) is 23.7. The zero-order valence-corrected chi connectivity index (χ0v) is 24.4. The summed E-state index contributed by atoms with van der Waals surface area (Å²) in [5, 5.41) is 0. The molecule has 222 valence electrons. The molecule has 0 saturated carbocycles. The highest BCUT2D eigenvalue weighted by Gasteiger charge is 2.21. The summed E-state index contributed by atoms with van der Waals surface area (Å²) in [6, 6.07) is 0. The number of carbonyl (C=O) groups is 2. The first-order chi connectivity index (χ1) is 18.7. The predicted octanol–water partition coefficient (Wildman–Crippen LogP) is 8.23. The van der Waals surface area contributed by atoms with Gasteiger partial charge in [0, 0.05) is 12.8 Å². The Balaban J connectivity index is 1.20. The van der Waals surface area contributed by atoms with E-state index in [0.29, 0.717) is 25.0 Å². The summed E-state index contributed by atoms with van der Waals surface area (Å²) in [5.41, 5.74) is 0. The molecular weight excluding hydrogens is 480 g/mol. The fourth-order valence-electron chi connectivity index (χ4n) is 5.04. The molecule has 2 heterocycles. The van der Waals surface area contributed by atoms with Crippen LogP contribution < -0.4 is 0 Å². The molecule has 2 atom stereocenters. The summed E-state index contributed by atoms with van der Waals surface area (Å²) in [5.74, 6) is -0.351. The molecule has 0 spiro atoms. The Morgan fingerprint density at radius 1 is 0.447 bits per heavy atom. The lowest BCUT2D eigenvalue weighted by molar-refractivity contribution is -0.152. The quantitative estimate of drug-likeness (QED) is 0.0542. The first-order valence-corrected chi connectivity index (χ1v) is 16.3.